The number of likely N-dealkylation sites (N-methyl/N-ethyl adjacent to an activating group) is 1. The summed E-state index contributed by atoms with van der Waals surface area (Å²) in [5.41, 5.74) is 0. The maximum absolute atomic E-state index is 9.62. The molecule has 1 atom stereocenters. The quantitative estimate of drug-likeness (QED) is 0.577. The first kappa shape index (κ1) is 14.8. The van der Waals surface area contributed by atoms with Crippen molar-refractivity contribution in [1.29, 1.82) is 0 Å². The van der Waals surface area contributed by atoms with Crippen molar-refractivity contribution in [2.24, 2.45) is 5.92 Å². The maximum atomic E-state index is 9.62. The van der Waals surface area contributed by atoms with E-state index in [1.54, 1.807) is 7.11 Å². The van der Waals surface area contributed by atoms with Crippen molar-refractivity contribution in [3.63, 3.8) is 0 Å². The minimum absolute atomic E-state index is 0.381. The standard InChI is InChI=1S/C11H25NO3/c1-10(2)7-12(3)8-11(13)9-15-6-5-14-4/h10-11,13H,5-9H2,1-4H3. The summed E-state index contributed by atoms with van der Waals surface area (Å²) in [6.45, 7) is 7.48. The van der Waals surface area contributed by atoms with Gasteiger partial charge in [-0.15, -0.1) is 0 Å². The summed E-state index contributed by atoms with van der Waals surface area (Å²) in [4.78, 5) is 2.12. The van der Waals surface area contributed by atoms with Crippen LogP contribution in [0.25, 0.3) is 0 Å². The molecule has 0 rings (SSSR count). The normalized spacial score (nSPS) is 13.8. The summed E-state index contributed by atoms with van der Waals surface area (Å²) in [5.74, 6) is 0.622. The van der Waals surface area contributed by atoms with Gasteiger partial charge in [-0.2, -0.15) is 0 Å². The molecule has 0 aliphatic rings. The van der Waals surface area contributed by atoms with Gasteiger partial charge in [-0.05, 0) is 13.0 Å². The maximum Gasteiger partial charge on any atom is 0.0900 e. The molecule has 0 bridgehead atoms. The van der Waals surface area contributed by atoms with Gasteiger partial charge in [-0.3, -0.25) is 0 Å². The van der Waals surface area contributed by atoms with E-state index in [-0.39, 0.29) is 0 Å². The van der Waals surface area contributed by atoms with E-state index in [2.05, 4.69) is 18.7 Å². The van der Waals surface area contributed by atoms with Crippen LogP contribution in [0.1, 0.15) is 13.8 Å². The second kappa shape index (κ2) is 9.09. The molecule has 0 saturated heterocycles. The molecule has 1 N–H and O–H groups in total. The molecule has 0 spiro atoms. The van der Waals surface area contributed by atoms with Gasteiger partial charge in [0.15, 0.2) is 0 Å². The largest absolute Gasteiger partial charge is 0.389 e. The fourth-order valence-electron chi connectivity index (χ4n) is 1.47. The molecule has 92 valence electrons. The number of methoxy groups -OCH3 is 1. The molecule has 0 radical (unpaired) electrons. The lowest BCUT2D eigenvalue weighted by atomic mass is 10.2. The van der Waals surface area contributed by atoms with Crippen LogP contribution >= 0.6 is 0 Å². The zero-order valence-corrected chi connectivity index (χ0v) is 10.4. The van der Waals surface area contributed by atoms with E-state index in [1.165, 1.54) is 0 Å². The van der Waals surface area contributed by atoms with Gasteiger partial charge in [-0.1, -0.05) is 13.8 Å². The zero-order chi connectivity index (χ0) is 11.7. The fraction of sp³-hybridized carbons (Fsp3) is 1.00. The zero-order valence-electron chi connectivity index (χ0n) is 10.4. The number of rotatable bonds is 9. The van der Waals surface area contributed by atoms with E-state index in [4.69, 9.17) is 9.47 Å². The van der Waals surface area contributed by atoms with E-state index in [0.29, 0.717) is 32.3 Å². The Kier molecular flexibility index (Phi) is 9.00. The van der Waals surface area contributed by atoms with Gasteiger partial charge in [0.2, 0.25) is 0 Å². The first-order valence-electron chi connectivity index (χ1n) is 5.49. The highest BCUT2D eigenvalue weighted by molar-refractivity contribution is 4.62. The molecule has 4 heteroatoms. The molecular formula is C11H25NO3. The van der Waals surface area contributed by atoms with Crippen LogP contribution in [0.15, 0.2) is 0 Å². The summed E-state index contributed by atoms with van der Waals surface area (Å²) in [6.07, 6.45) is -0.411. The number of aliphatic hydroxyl groups excluding tert-OH is 1. The summed E-state index contributed by atoms with van der Waals surface area (Å²) >= 11 is 0. The van der Waals surface area contributed by atoms with Crippen LogP contribution in [0, 0.1) is 5.92 Å². The van der Waals surface area contributed by atoms with Crippen LogP contribution in [0.3, 0.4) is 0 Å². The summed E-state index contributed by atoms with van der Waals surface area (Å²) < 4.78 is 10.1. The van der Waals surface area contributed by atoms with Crippen molar-refractivity contribution in [2.75, 3.05) is 47.1 Å². The minimum Gasteiger partial charge on any atom is -0.389 e. The number of nitrogens with zero attached hydrogens (tertiary/aromatic N) is 1. The number of hydrogen-bond acceptors (Lipinski definition) is 4. The number of hydrogen-bond donors (Lipinski definition) is 1. The molecule has 15 heavy (non-hydrogen) atoms. The van der Waals surface area contributed by atoms with Crippen molar-refractivity contribution in [3.05, 3.63) is 0 Å². The second-order valence-corrected chi connectivity index (χ2v) is 4.34. The van der Waals surface area contributed by atoms with Crippen LogP contribution in [0.5, 0.6) is 0 Å². The number of ether oxygens (including phenoxy) is 2. The Morgan fingerprint density at radius 1 is 1.20 bits per heavy atom. The van der Waals surface area contributed by atoms with Crippen molar-refractivity contribution >= 4 is 0 Å². The van der Waals surface area contributed by atoms with Crippen LogP contribution in [0.4, 0.5) is 0 Å². The molecule has 0 aliphatic carbocycles. The summed E-state index contributed by atoms with van der Waals surface area (Å²) in [5, 5.41) is 9.62. The smallest absolute Gasteiger partial charge is 0.0900 e. The molecule has 0 saturated carbocycles. The van der Waals surface area contributed by atoms with Gasteiger partial charge in [0.05, 0.1) is 25.9 Å². The molecule has 0 aromatic carbocycles. The molecule has 0 heterocycles. The molecule has 0 aromatic rings. The lowest BCUT2D eigenvalue weighted by molar-refractivity contribution is 0.00143. The first-order chi connectivity index (χ1) is 7.06. The second-order valence-electron chi connectivity index (χ2n) is 4.34. The van der Waals surface area contributed by atoms with Crippen LogP contribution in [-0.4, -0.2) is 63.2 Å². The highest BCUT2D eigenvalue weighted by Gasteiger charge is 2.09. The Labute approximate surface area is 93.2 Å². The first-order valence-corrected chi connectivity index (χ1v) is 5.49. The molecule has 0 aliphatic heterocycles. The lowest BCUT2D eigenvalue weighted by Crippen LogP contribution is -2.34. The predicted octanol–water partition coefficient (Wildman–Crippen LogP) is 0.598. The Morgan fingerprint density at radius 2 is 1.87 bits per heavy atom. The SMILES string of the molecule is COCCOCC(O)CN(C)CC(C)C. The molecule has 0 fully saturated rings. The Hall–Kier alpha value is -0.160. The third-order valence-corrected chi connectivity index (χ3v) is 1.94. The van der Waals surface area contributed by atoms with Crippen LogP contribution < -0.4 is 0 Å². The van der Waals surface area contributed by atoms with Crippen molar-refractivity contribution < 1.29 is 14.6 Å². The Morgan fingerprint density at radius 3 is 2.40 bits per heavy atom. The van der Waals surface area contributed by atoms with Gasteiger partial charge in [0, 0.05) is 20.2 Å². The van der Waals surface area contributed by atoms with E-state index < -0.39 is 6.10 Å². The van der Waals surface area contributed by atoms with E-state index >= 15 is 0 Å². The highest BCUT2D eigenvalue weighted by Crippen LogP contribution is 1.97. The van der Waals surface area contributed by atoms with Gasteiger partial charge in [0.1, 0.15) is 0 Å². The van der Waals surface area contributed by atoms with E-state index in [9.17, 15) is 5.11 Å². The predicted molar refractivity (Wildman–Crippen MR) is 61.0 cm³/mol. The van der Waals surface area contributed by atoms with Crippen LogP contribution in [0.2, 0.25) is 0 Å². The van der Waals surface area contributed by atoms with Gasteiger partial charge in [0.25, 0.3) is 0 Å². The average molecular weight is 219 g/mol. The third-order valence-electron chi connectivity index (χ3n) is 1.94. The van der Waals surface area contributed by atoms with Gasteiger partial charge >= 0.3 is 0 Å². The molecule has 1 unspecified atom stereocenters. The van der Waals surface area contributed by atoms with Gasteiger partial charge < -0.3 is 19.5 Å². The number of aliphatic hydroxyl groups is 1. The van der Waals surface area contributed by atoms with Crippen molar-refractivity contribution in [3.8, 4) is 0 Å². The summed E-state index contributed by atoms with van der Waals surface area (Å²) in [6, 6.07) is 0. The summed E-state index contributed by atoms with van der Waals surface area (Å²) in [7, 11) is 3.65. The van der Waals surface area contributed by atoms with Crippen molar-refractivity contribution in [2.45, 2.75) is 20.0 Å². The minimum atomic E-state index is -0.411. The van der Waals surface area contributed by atoms with E-state index in [0.717, 1.165) is 6.54 Å². The molecule has 0 aromatic heterocycles. The monoisotopic (exact) mass is 219 g/mol. The Bertz CT molecular complexity index is 142. The molecule has 4 nitrogen and oxygen atoms in total. The highest BCUT2D eigenvalue weighted by atomic mass is 16.5. The third kappa shape index (κ3) is 10.1. The lowest BCUT2D eigenvalue weighted by Gasteiger charge is -2.22. The average Bonchev–Trinajstić information content (AvgIpc) is 2.10. The molecule has 0 amide bonds. The Balaban J connectivity index is 3.42. The fourth-order valence-corrected chi connectivity index (χ4v) is 1.47. The van der Waals surface area contributed by atoms with Crippen molar-refractivity contribution in [1.82, 2.24) is 4.90 Å². The van der Waals surface area contributed by atoms with E-state index in [1.807, 2.05) is 7.05 Å². The molecular weight excluding hydrogens is 194 g/mol. The van der Waals surface area contributed by atoms with Gasteiger partial charge in [-0.25, -0.2) is 0 Å². The topological polar surface area (TPSA) is 41.9 Å². The van der Waals surface area contributed by atoms with Crippen LogP contribution in [-0.2, 0) is 9.47 Å².